The topological polar surface area (TPSA) is 55.1 Å². The van der Waals surface area contributed by atoms with Crippen molar-refractivity contribution in [2.24, 2.45) is 5.73 Å². The molecule has 102 valence electrons. The van der Waals surface area contributed by atoms with E-state index in [-0.39, 0.29) is 11.9 Å². The van der Waals surface area contributed by atoms with E-state index in [4.69, 9.17) is 17.3 Å². The van der Waals surface area contributed by atoms with Crippen molar-refractivity contribution in [3.05, 3.63) is 64.2 Å². The van der Waals surface area contributed by atoms with E-state index < -0.39 is 0 Å². The number of benzene rings is 2. The number of anilines is 1. The number of halogens is 1. The van der Waals surface area contributed by atoms with Crippen LogP contribution < -0.4 is 11.1 Å². The van der Waals surface area contributed by atoms with Gasteiger partial charge in [-0.15, -0.1) is 0 Å². The lowest BCUT2D eigenvalue weighted by molar-refractivity contribution is -0.116. The van der Waals surface area contributed by atoms with Gasteiger partial charge >= 0.3 is 0 Å². The van der Waals surface area contributed by atoms with Gasteiger partial charge < -0.3 is 11.1 Å². The van der Waals surface area contributed by atoms with Crippen molar-refractivity contribution in [2.75, 3.05) is 5.32 Å². The van der Waals surface area contributed by atoms with E-state index >= 15 is 0 Å². The molecule has 0 spiro atoms. The molecule has 0 aliphatic carbocycles. The van der Waals surface area contributed by atoms with Crippen molar-refractivity contribution in [3.8, 4) is 0 Å². The van der Waals surface area contributed by atoms with Crippen LogP contribution in [0.3, 0.4) is 0 Å². The number of hydrogen-bond acceptors (Lipinski definition) is 2. The molecule has 2 aromatic carbocycles. The smallest absolute Gasteiger partial charge is 0.224 e. The molecule has 1 atom stereocenters. The first-order chi connectivity index (χ1) is 9.63. The first-order valence-corrected chi connectivity index (χ1v) is 6.95. The molecule has 3 rings (SSSR count). The highest BCUT2D eigenvalue weighted by Gasteiger charge is 2.17. The number of nitrogens with two attached hydrogens (primary N) is 1. The Balaban J connectivity index is 1.90. The van der Waals surface area contributed by atoms with Crippen molar-refractivity contribution >= 4 is 23.2 Å². The Labute approximate surface area is 122 Å². The van der Waals surface area contributed by atoms with E-state index in [1.807, 2.05) is 36.4 Å². The van der Waals surface area contributed by atoms with E-state index in [0.717, 1.165) is 28.8 Å². The first-order valence-electron chi connectivity index (χ1n) is 6.57. The van der Waals surface area contributed by atoms with E-state index in [9.17, 15) is 4.79 Å². The average molecular weight is 287 g/mol. The minimum atomic E-state index is -0.185. The second kappa shape index (κ2) is 5.27. The molecule has 4 heteroatoms. The molecule has 2 aromatic rings. The third-order valence-corrected chi connectivity index (χ3v) is 3.87. The molecular formula is C16H15ClN2O. The van der Waals surface area contributed by atoms with Crippen molar-refractivity contribution < 1.29 is 4.79 Å². The molecule has 1 unspecified atom stereocenters. The van der Waals surface area contributed by atoms with Gasteiger partial charge in [-0.1, -0.05) is 35.9 Å². The summed E-state index contributed by atoms with van der Waals surface area (Å²) in [6.07, 6.45) is 1.30. The molecule has 3 nitrogen and oxygen atoms in total. The Hall–Kier alpha value is -1.84. The van der Waals surface area contributed by atoms with Crippen LogP contribution in [0.5, 0.6) is 0 Å². The average Bonchev–Trinajstić information content (AvgIpc) is 2.47. The number of amides is 1. The van der Waals surface area contributed by atoms with E-state index in [1.165, 1.54) is 0 Å². The standard InChI is InChI=1S/C16H15ClN2O/c17-13-5-1-10(2-6-13)16(18)12-3-7-14-11(9-12)4-8-15(20)19-14/h1-3,5-7,9,16H,4,8,18H2,(H,19,20). The SMILES string of the molecule is NC(c1ccc(Cl)cc1)c1ccc2c(c1)CCC(=O)N2. The van der Waals surface area contributed by atoms with Crippen molar-refractivity contribution in [2.45, 2.75) is 18.9 Å². The number of aryl methyl sites for hydroxylation is 1. The summed E-state index contributed by atoms with van der Waals surface area (Å²) in [7, 11) is 0. The zero-order chi connectivity index (χ0) is 14.1. The molecule has 1 aliphatic heterocycles. The molecule has 0 saturated heterocycles. The largest absolute Gasteiger partial charge is 0.326 e. The summed E-state index contributed by atoms with van der Waals surface area (Å²) in [5.41, 5.74) is 10.4. The van der Waals surface area contributed by atoms with Gasteiger partial charge in [-0.3, -0.25) is 4.79 Å². The summed E-state index contributed by atoms with van der Waals surface area (Å²) >= 11 is 5.89. The van der Waals surface area contributed by atoms with Gasteiger partial charge in [-0.2, -0.15) is 0 Å². The van der Waals surface area contributed by atoms with Gasteiger partial charge in [-0.05, 0) is 41.3 Å². The Kier molecular flexibility index (Phi) is 3.47. The molecule has 1 aliphatic rings. The first kappa shape index (κ1) is 13.2. The van der Waals surface area contributed by atoms with Crippen LogP contribution in [0, 0.1) is 0 Å². The van der Waals surface area contributed by atoms with E-state index in [2.05, 4.69) is 11.4 Å². The van der Waals surface area contributed by atoms with Gasteiger partial charge in [0.25, 0.3) is 0 Å². The third kappa shape index (κ3) is 2.55. The highest BCUT2D eigenvalue weighted by atomic mass is 35.5. The summed E-state index contributed by atoms with van der Waals surface area (Å²) in [4.78, 5) is 11.3. The Morgan fingerprint density at radius 3 is 2.50 bits per heavy atom. The van der Waals surface area contributed by atoms with Crippen LogP contribution in [0.2, 0.25) is 5.02 Å². The van der Waals surface area contributed by atoms with Crippen LogP contribution in [0.1, 0.15) is 29.2 Å². The third-order valence-electron chi connectivity index (χ3n) is 3.61. The number of carbonyl (C=O) groups is 1. The van der Waals surface area contributed by atoms with Crippen LogP contribution in [0.15, 0.2) is 42.5 Å². The van der Waals surface area contributed by atoms with Gasteiger partial charge in [-0.25, -0.2) is 0 Å². The van der Waals surface area contributed by atoms with Crippen LogP contribution >= 0.6 is 11.6 Å². The quantitative estimate of drug-likeness (QED) is 0.890. The second-order valence-corrected chi connectivity index (χ2v) is 5.43. The van der Waals surface area contributed by atoms with E-state index in [1.54, 1.807) is 0 Å². The number of hydrogen-bond donors (Lipinski definition) is 2. The van der Waals surface area contributed by atoms with Gasteiger partial charge in [0.1, 0.15) is 0 Å². The normalized spacial score (nSPS) is 15.4. The summed E-state index contributed by atoms with van der Waals surface area (Å²) in [5, 5.41) is 3.58. The number of rotatable bonds is 2. The van der Waals surface area contributed by atoms with Gasteiger partial charge in [0.05, 0.1) is 6.04 Å². The van der Waals surface area contributed by atoms with Crippen LogP contribution in [0.25, 0.3) is 0 Å². The molecule has 0 radical (unpaired) electrons. The molecule has 0 aromatic heterocycles. The molecule has 20 heavy (non-hydrogen) atoms. The maximum absolute atomic E-state index is 11.3. The zero-order valence-corrected chi connectivity index (χ0v) is 11.7. The second-order valence-electron chi connectivity index (χ2n) is 4.99. The Morgan fingerprint density at radius 2 is 1.75 bits per heavy atom. The maximum Gasteiger partial charge on any atom is 0.224 e. The monoisotopic (exact) mass is 286 g/mol. The van der Waals surface area contributed by atoms with Crippen molar-refractivity contribution in [1.82, 2.24) is 0 Å². The number of fused-ring (bicyclic) bond motifs is 1. The van der Waals surface area contributed by atoms with Crippen molar-refractivity contribution in [3.63, 3.8) is 0 Å². The van der Waals surface area contributed by atoms with Crippen LogP contribution in [-0.4, -0.2) is 5.91 Å². The zero-order valence-electron chi connectivity index (χ0n) is 10.9. The molecule has 0 saturated carbocycles. The predicted octanol–water partition coefficient (Wildman–Crippen LogP) is 3.27. The molecule has 0 fully saturated rings. The molecular weight excluding hydrogens is 272 g/mol. The predicted molar refractivity (Wildman–Crippen MR) is 80.9 cm³/mol. The fourth-order valence-corrected chi connectivity index (χ4v) is 2.59. The summed E-state index contributed by atoms with van der Waals surface area (Å²) in [5.74, 6) is 0.0762. The summed E-state index contributed by atoms with van der Waals surface area (Å²) in [6, 6.07) is 13.3. The highest BCUT2D eigenvalue weighted by Crippen LogP contribution is 2.28. The summed E-state index contributed by atoms with van der Waals surface area (Å²) in [6.45, 7) is 0. The van der Waals surface area contributed by atoms with Gasteiger partial charge in [0, 0.05) is 17.1 Å². The maximum atomic E-state index is 11.3. The van der Waals surface area contributed by atoms with Crippen LogP contribution in [-0.2, 0) is 11.2 Å². The minimum Gasteiger partial charge on any atom is -0.326 e. The lowest BCUT2D eigenvalue weighted by atomic mass is 9.94. The number of nitrogens with one attached hydrogen (secondary N) is 1. The Bertz CT molecular complexity index is 652. The lowest BCUT2D eigenvalue weighted by Gasteiger charge is -2.20. The minimum absolute atomic E-state index is 0.0762. The molecule has 1 amide bonds. The van der Waals surface area contributed by atoms with Gasteiger partial charge in [0.15, 0.2) is 0 Å². The van der Waals surface area contributed by atoms with Gasteiger partial charge in [0.2, 0.25) is 5.91 Å². The molecule has 0 bridgehead atoms. The summed E-state index contributed by atoms with van der Waals surface area (Å²) < 4.78 is 0. The molecule has 1 heterocycles. The molecule has 3 N–H and O–H groups in total. The highest BCUT2D eigenvalue weighted by molar-refractivity contribution is 6.30. The Morgan fingerprint density at radius 1 is 1.05 bits per heavy atom. The lowest BCUT2D eigenvalue weighted by Crippen LogP contribution is -2.20. The van der Waals surface area contributed by atoms with Crippen LogP contribution in [0.4, 0.5) is 5.69 Å². The fraction of sp³-hybridized carbons (Fsp3) is 0.188. The fourth-order valence-electron chi connectivity index (χ4n) is 2.46. The van der Waals surface area contributed by atoms with E-state index in [0.29, 0.717) is 11.4 Å². The van der Waals surface area contributed by atoms with Crippen molar-refractivity contribution in [1.29, 1.82) is 0 Å². The number of carbonyl (C=O) groups excluding carboxylic acids is 1.